The average Bonchev–Trinajstić information content (AvgIpc) is 3.05. The summed E-state index contributed by atoms with van der Waals surface area (Å²) in [5, 5.41) is 2.72. The molecule has 1 amide bonds. The molecule has 2 aromatic rings. The fourth-order valence-electron chi connectivity index (χ4n) is 2.97. The van der Waals surface area contributed by atoms with Crippen molar-refractivity contribution >= 4 is 25.8 Å². The molecule has 0 unspecified atom stereocenters. The molecule has 8 nitrogen and oxygen atoms in total. The number of carbonyl (C=O) groups is 1. The van der Waals surface area contributed by atoms with Crippen molar-refractivity contribution in [3.8, 4) is 5.75 Å². The molecular weight excluding hydrogens is 416 g/mol. The van der Waals surface area contributed by atoms with Crippen molar-refractivity contribution < 1.29 is 26.4 Å². The maximum absolute atomic E-state index is 12.4. The summed E-state index contributed by atoms with van der Waals surface area (Å²) in [6.45, 7) is 0.0666. The summed E-state index contributed by atoms with van der Waals surface area (Å²) in [4.78, 5) is 12.4. The second kappa shape index (κ2) is 8.52. The predicted octanol–water partition coefficient (Wildman–Crippen LogP) is 1.09. The van der Waals surface area contributed by atoms with E-state index in [1.54, 1.807) is 36.4 Å². The van der Waals surface area contributed by atoms with Crippen molar-refractivity contribution in [1.82, 2.24) is 10.0 Å². The number of hydrogen-bond donors (Lipinski definition) is 2. The van der Waals surface area contributed by atoms with Gasteiger partial charge >= 0.3 is 0 Å². The SMILES string of the molecule is COc1ccc(S(=O)(=O)NCc2ccc(C(=O)N[C@H]3CCS(=O)(=O)C3)cc2)cc1. The van der Waals surface area contributed by atoms with Gasteiger partial charge in [-0.3, -0.25) is 4.79 Å². The molecule has 10 heteroatoms. The minimum Gasteiger partial charge on any atom is -0.497 e. The van der Waals surface area contributed by atoms with Crippen LogP contribution in [0.1, 0.15) is 22.3 Å². The number of carbonyl (C=O) groups excluding carboxylic acids is 1. The highest BCUT2D eigenvalue weighted by molar-refractivity contribution is 7.91. The van der Waals surface area contributed by atoms with Crippen LogP contribution >= 0.6 is 0 Å². The van der Waals surface area contributed by atoms with Gasteiger partial charge in [-0.25, -0.2) is 21.6 Å². The standard InChI is InChI=1S/C19H22N2O6S2/c1-27-17-6-8-18(9-7-17)29(25,26)20-12-14-2-4-15(5-3-14)19(22)21-16-10-11-28(23,24)13-16/h2-9,16,20H,10-13H2,1H3,(H,21,22)/t16-/m0/s1. The van der Waals surface area contributed by atoms with E-state index in [-0.39, 0.29) is 34.9 Å². The van der Waals surface area contributed by atoms with E-state index >= 15 is 0 Å². The van der Waals surface area contributed by atoms with Gasteiger partial charge in [-0.15, -0.1) is 0 Å². The van der Waals surface area contributed by atoms with Crippen LogP contribution in [0, 0.1) is 0 Å². The first-order chi connectivity index (χ1) is 13.7. The molecule has 0 bridgehead atoms. The molecule has 156 valence electrons. The Hall–Kier alpha value is -2.43. The number of hydrogen-bond acceptors (Lipinski definition) is 6. The molecule has 1 atom stereocenters. The lowest BCUT2D eigenvalue weighted by molar-refractivity contribution is 0.0941. The van der Waals surface area contributed by atoms with Gasteiger partial charge in [0.15, 0.2) is 9.84 Å². The van der Waals surface area contributed by atoms with Crippen LogP contribution in [0.5, 0.6) is 5.75 Å². The Morgan fingerprint density at radius 1 is 1.10 bits per heavy atom. The Morgan fingerprint density at radius 3 is 2.31 bits per heavy atom. The molecule has 29 heavy (non-hydrogen) atoms. The minimum absolute atomic E-state index is 0.0377. The average molecular weight is 439 g/mol. The lowest BCUT2D eigenvalue weighted by Crippen LogP contribution is -2.35. The molecule has 1 saturated heterocycles. The second-order valence-electron chi connectivity index (χ2n) is 6.77. The van der Waals surface area contributed by atoms with E-state index in [0.29, 0.717) is 23.3 Å². The topological polar surface area (TPSA) is 119 Å². The highest BCUT2D eigenvalue weighted by Gasteiger charge is 2.29. The summed E-state index contributed by atoms with van der Waals surface area (Å²) in [6, 6.07) is 12.1. The van der Waals surface area contributed by atoms with Crippen LogP contribution in [0.15, 0.2) is 53.4 Å². The molecule has 0 radical (unpaired) electrons. The molecule has 1 aliphatic rings. The number of methoxy groups -OCH3 is 1. The van der Waals surface area contributed by atoms with Gasteiger partial charge in [-0.2, -0.15) is 0 Å². The first-order valence-electron chi connectivity index (χ1n) is 8.92. The molecule has 2 N–H and O–H groups in total. The third-order valence-electron chi connectivity index (χ3n) is 4.62. The predicted molar refractivity (Wildman–Crippen MR) is 108 cm³/mol. The fourth-order valence-corrected chi connectivity index (χ4v) is 5.66. The van der Waals surface area contributed by atoms with E-state index in [4.69, 9.17) is 4.74 Å². The van der Waals surface area contributed by atoms with E-state index < -0.39 is 19.9 Å². The van der Waals surface area contributed by atoms with Crippen molar-refractivity contribution in [2.24, 2.45) is 0 Å². The smallest absolute Gasteiger partial charge is 0.251 e. The molecule has 0 aromatic heterocycles. The summed E-state index contributed by atoms with van der Waals surface area (Å²) in [5.41, 5.74) is 1.07. The normalized spacial score (nSPS) is 18.3. The molecule has 0 aliphatic carbocycles. The van der Waals surface area contributed by atoms with Crippen molar-refractivity contribution in [2.75, 3.05) is 18.6 Å². The van der Waals surface area contributed by atoms with Gasteiger partial charge in [0.25, 0.3) is 5.91 Å². The van der Waals surface area contributed by atoms with Gasteiger partial charge in [-0.1, -0.05) is 12.1 Å². The van der Waals surface area contributed by atoms with E-state index in [1.165, 1.54) is 19.2 Å². The van der Waals surface area contributed by atoms with E-state index in [2.05, 4.69) is 10.0 Å². The Balaban J connectivity index is 1.58. The zero-order valence-electron chi connectivity index (χ0n) is 15.8. The van der Waals surface area contributed by atoms with Crippen LogP contribution in [0.4, 0.5) is 0 Å². The first-order valence-corrected chi connectivity index (χ1v) is 12.2. The zero-order valence-corrected chi connectivity index (χ0v) is 17.4. The van der Waals surface area contributed by atoms with Crippen LogP contribution in [0.25, 0.3) is 0 Å². The number of amides is 1. The van der Waals surface area contributed by atoms with Gasteiger partial charge in [0.05, 0.1) is 23.5 Å². The number of nitrogens with one attached hydrogen (secondary N) is 2. The number of sulfone groups is 1. The number of ether oxygens (including phenoxy) is 1. The highest BCUT2D eigenvalue weighted by Crippen LogP contribution is 2.16. The van der Waals surface area contributed by atoms with Crippen LogP contribution in [-0.2, 0) is 26.4 Å². The van der Waals surface area contributed by atoms with Crippen molar-refractivity contribution in [3.05, 3.63) is 59.7 Å². The highest BCUT2D eigenvalue weighted by atomic mass is 32.2. The summed E-state index contributed by atoms with van der Waals surface area (Å²) >= 11 is 0. The molecule has 1 aliphatic heterocycles. The molecule has 0 saturated carbocycles. The summed E-state index contributed by atoms with van der Waals surface area (Å²) in [6.07, 6.45) is 0.416. The number of rotatable bonds is 7. The second-order valence-corrected chi connectivity index (χ2v) is 10.8. The van der Waals surface area contributed by atoms with Gasteiger partial charge in [0, 0.05) is 18.2 Å². The molecule has 2 aromatic carbocycles. The molecule has 3 rings (SSSR count). The number of sulfonamides is 1. The number of benzene rings is 2. The zero-order chi connectivity index (χ0) is 21.1. The summed E-state index contributed by atoms with van der Waals surface area (Å²) < 4.78 is 55.2. The van der Waals surface area contributed by atoms with E-state index in [9.17, 15) is 21.6 Å². The minimum atomic E-state index is -3.68. The molecule has 1 fully saturated rings. The third-order valence-corrected chi connectivity index (χ3v) is 7.80. The van der Waals surface area contributed by atoms with Crippen LogP contribution in [0.2, 0.25) is 0 Å². The first kappa shape index (κ1) is 21.3. The van der Waals surface area contributed by atoms with Crippen LogP contribution in [-0.4, -0.2) is 47.4 Å². The largest absolute Gasteiger partial charge is 0.497 e. The monoisotopic (exact) mass is 438 g/mol. The summed E-state index contributed by atoms with van der Waals surface area (Å²) in [5.74, 6) is 0.264. The fraction of sp³-hybridized carbons (Fsp3) is 0.316. The molecule has 1 heterocycles. The van der Waals surface area contributed by atoms with Gasteiger partial charge < -0.3 is 10.1 Å². The van der Waals surface area contributed by atoms with E-state index in [0.717, 1.165) is 0 Å². The molecular formula is C19H22N2O6S2. The quantitative estimate of drug-likeness (QED) is 0.668. The summed E-state index contributed by atoms with van der Waals surface area (Å²) in [7, 11) is -5.24. The molecule has 0 spiro atoms. The Labute approximate surface area is 170 Å². The van der Waals surface area contributed by atoms with Gasteiger partial charge in [-0.05, 0) is 48.4 Å². The van der Waals surface area contributed by atoms with Gasteiger partial charge in [0.2, 0.25) is 10.0 Å². The van der Waals surface area contributed by atoms with Crippen LogP contribution < -0.4 is 14.8 Å². The Bertz CT molecular complexity index is 1080. The maximum atomic E-state index is 12.4. The van der Waals surface area contributed by atoms with Crippen molar-refractivity contribution in [1.29, 1.82) is 0 Å². The lowest BCUT2D eigenvalue weighted by atomic mass is 10.1. The van der Waals surface area contributed by atoms with E-state index in [1.807, 2.05) is 0 Å². The Morgan fingerprint density at radius 2 is 1.76 bits per heavy atom. The Kier molecular flexibility index (Phi) is 6.25. The van der Waals surface area contributed by atoms with Crippen molar-refractivity contribution in [2.45, 2.75) is 23.9 Å². The van der Waals surface area contributed by atoms with Crippen LogP contribution in [0.3, 0.4) is 0 Å². The third kappa shape index (κ3) is 5.55. The lowest BCUT2D eigenvalue weighted by Gasteiger charge is -2.11. The van der Waals surface area contributed by atoms with Crippen molar-refractivity contribution in [3.63, 3.8) is 0 Å². The van der Waals surface area contributed by atoms with Gasteiger partial charge in [0.1, 0.15) is 5.75 Å². The maximum Gasteiger partial charge on any atom is 0.251 e.